The Bertz CT molecular complexity index is 400. The molecule has 1 amide bonds. The van der Waals surface area contributed by atoms with Crippen LogP contribution in [0.1, 0.15) is 30.0 Å². The minimum absolute atomic E-state index is 0.0285. The maximum Gasteiger partial charge on any atom is 0.271 e. The number of anilines is 1. The summed E-state index contributed by atoms with van der Waals surface area (Å²) < 4.78 is 6.67. The van der Waals surface area contributed by atoms with Crippen LogP contribution in [0.2, 0.25) is 0 Å². The Hall–Kier alpha value is -1.56. The fourth-order valence-electron chi connectivity index (χ4n) is 1.47. The molecule has 6 heteroatoms. The molecular formula is C11H20N4O2. The number of hydrogen-bond acceptors (Lipinski definition) is 4. The molecule has 0 aliphatic rings. The monoisotopic (exact) mass is 240 g/mol. The highest BCUT2D eigenvalue weighted by Gasteiger charge is 2.19. The van der Waals surface area contributed by atoms with Gasteiger partial charge in [0.15, 0.2) is 0 Å². The first-order valence-corrected chi connectivity index (χ1v) is 5.65. The fraction of sp³-hybridized carbons (Fsp3) is 0.636. The van der Waals surface area contributed by atoms with Gasteiger partial charge in [0.1, 0.15) is 5.69 Å². The van der Waals surface area contributed by atoms with Crippen LogP contribution in [0, 0.1) is 6.92 Å². The number of aryl methyl sites for hydroxylation is 2. The third-order valence-electron chi connectivity index (χ3n) is 2.64. The van der Waals surface area contributed by atoms with Gasteiger partial charge < -0.3 is 15.8 Å². The van der Waals surface area contributed by atoms with E-state index in [1.807, 2.05) is 13.8 Å². The summed E-state index contributed by atoms with van der Waals surface area (Å²) in [5.41, 5.74) is 7.38. The Balaban J connectivity index is 2.81. The Labute approximate surface area is 101 Å². The topological polar surface area (TPSA) is 82.2 Å². The summed E-state index contributed by atoms with van der Waals surface area (Å²) in [5.74, 6) is -0.214. The minimum atomic E-state index is -0.214. The predicted molar refractivity (Wildman–Crippen MR) is 65.9 cm³/mol. The Kier molecular flexibility index (Phi) is 4.51. The van der Waals surface area contributed by atoms with Crippen LogP contribution >= 0.6 is 0 Å². The van der Waals surface area contributed by atoms with Gasteiger partial charge in [0, 0.05) is 20.2 Å². The van der Waals surface area contributed by atoms with Crippen LogP contribution in [-0.4, -0.2) is 35.4 Å². The number of rotatable bonds is 5. The van der Waals surface area contributed by atoms with Crippen LogP contribution in [-0.2, 0) is 11.3 Å². The number of carbonyl (C=O) groups is 1. The molecule has 0 bridgehead atoms. The number of nitrogens with two attached hydrogens (primary N) is 1. The lowest BCUT2D eigenvalue weighted by Crippen LogP contribution is -2.33. The molecule has 0 radical (unpaired) electrons. The standard InChI is InChI=1S/C11H20N4O2/c1-5-15-10(9(12)8(3)14-15)11(16)13-6-7(2)17-4/h7H,5-6,12H2,1-4H3,(H,13,16). The molecule has 1 atom stereocenters. The number of ether oxygens (including phenoxy) is 1. The van der Waals surface area contributed by atoms with E-state index in [0.29, 0.717) is 30.2 Å². The van der Waals surface area contributed by atoms with Gasteiger partial charge in [0.2, 0.25) is 0 Å². The van der Waals surface area contributed by atoms with Crippen molar-refractivity contribution < 1.29 is 9.53 Å². The highest BCUT2D eigenvalue weighted by molar-refractivity contribution is 5.97. The Morgan fingerprint density at radius 2 is 2.29 bits per heavy atom. The van der Waals surface area contributed by atoms with E-state index >= 15 is 0 Å². The maximum absolute atomic E-state index is 12.0. The third kappa shape index (κ3) is 2.97. The van der Waals surface area contributed by atoms with Gasteiger partial charge in [0.05, 0.1) is 17.5 Å². The normalized spacial score (nSPS) is 12.5. The second-order valence-corrected chi connectivity index (χ2v) is 3.92. The van der Waals surface area contributed by atoms with Crippen LogP contribution in [0.15, 0.2) is 0 Å². The average molecular weight is 240 g/mol. The van der Waals surface area contributed by atoms with Crippen LogP contribution in [0.25, 0.3) is 0 Å². The maximum atomic E-state index is 12.0. The van der Waals surface area contributed by atoms with Crippen molar-refractivity contribution in [2.24, 2.45) is 0 Å². The van der Waals surface area contributed by atoms with Crippen molar-refractivity contribution in [3.05, 3.63) is 11.4 Å². The van der Waals surface area contributed by atoms with E-state index in [-0.39, 0.29) is 12.0 Å². The molecule has 1 aromatic rings. The van der Waals surface area contributed by atoms with Crippen molar-refractivity contribution in [3.63, 3.8) is 0 Å². The number of carbonyl (C=O) groups excluding carboxylic acids is 1. The molecule has 3 N–H and O–H groups in total. The lowest BCUT2D eigenvalue weighted by molar-refractivity contribution is 0.0862. The van der Waals surface area contributed by atoms with E-state index in [1.165, 1.54) is 0 Å². The SMILES string of the molecule is CCn1nc(C)c(N)c1C(=O)NCC(C)OC. The van der Waals surface area contributed by atoms with Crippen molar-refractivity contribution >= 4 is 11.6 Å². The lowest BCUT2D eigenvalue weighted by Gasteiger charge is -2.11. The van der Waals surface area contributed by atoms with Crippen molar-refractivity contribution in [1.29, 1.82) is 0 Å². The largest absolute Gasteiger partial charge is 0.395 e. The van der Waals surface area contributed by atoms with Gasteiger partial charge >= 0.3 is 0 Å². The van der Waals surface area contributed by atoms with Crippen LogP contribution < -0.4 is 11.1 Å². The quantitative estimate of drug-likeness (QED) is 0.787. The number of nitrogens with zero attached hydrogens (tertiary/aromatic N) is 2. The van der Waals surface area contributed by atoms with E-state index in [2.05, 4.69) is 10.4 Å². The van der Waals surface area contributed by atoms with Gasteiger partial charge in [0.25, 0.3) is 5.91 Å². The van der Waals surface area contributed by atoms with Crippen LogP contribution in [0.3, 0.4) is 0 Å². The van der Waals surface area contributed by atoms with Gasteiger partial charge in [-0.15, -0.1) is 0 Å². The zero-order chi connectivity index (χ0) is 13.0. The molecule has 0 aliphatic carbocycles. The smallest absolute Gasteiger partial charge is 0.271 e. The molecular weight excluding hydrogens is 220 g/mol. The zero-order valence-corrected chi connectivity index (χ0v) is 10.8. The van der Waals surface area contributed by atoms with Crippen molar-refractivity contribution in [3.8, 4) is 0 Å². The number of amides is 1. The summed E-state index contributed by atoms with van der Waals surface area (Å²) in [6.45, 7) is 6.64. The Morgan fingerprint density at radius 1 is 1.65 bits per heavy atom. The molecule has 0 fully saturated rings. The molecule has 0 spiro atoms. The van der Waals surface area contributed by atoms with E-state index in [9.17, 15) is 4.79 Å². The summed E-state index contributed by atoms with van der Waals surface area (Å²) in [5, 5.41) is 6.97. The summed E-state index contributed by atoms with van der Waals surface area (Å²) in [7, 11) is 1.60. The van der Waals surface area contributed by atoms with Gasteiger partial charge in [-0.3, -0.25) is 9.48 Å². The third-order valence-corrected chi connectivity index (χ3v) is 2.64. The second kappa shape index (κ2) is 5.67. The van der Waals surface area contributed by atoms with E-state index in [1.54, 1.807) is 18.7 Å². The fourth-order valence-corrected chi connectivity index (χ4v) is 1.47. The first-order valence-electron chi connectivity index (χ1n) is 5.65. The Morgan fingerprint density at radius 3 is 2.82 bits per heavy atom. The van der Waals surface area contributed by atoms with Crippen LogP contribution in [0.4, 0.5) is 5.69 Å². The van der Waals surface area contributed by atoms with E-state index < -0.39 is 0 Å². The van der Waals surface area contributed by atoms with E-state index in [0.717, 1.165) is 0 Å². The number of nitrogens with one attached hydrogen (secondary N) is 1. The lowest BCUT2D eigenvalue weighted by atomic mass is 10.3. The van der Waals surface area contributed by atoms with Crippen molar-refractivity contribution in [2.75, 3.05) is 19.4 Å². The molecule has 1 rings (SSSR count). The minimum Gasteiger partial charge on any atom is -0.395 e. The average Bonchev–Trinajstić information content (AvgIpc) is 2.61. The highest BCUT2D eigenvalue weighted by Crippen LogP contribution is 2.15. The second-order valence-electron chi connectivity index (χ2n) is 3.92. The predicted octanol–water partition coefficient (Wildman–Crippen LogP) is 0.558. The highest BCUT2D eigenvalue weighted by atomic mass is 16.5. The molecule has 0 saturated carbocycles. The summed E-state index contributed by atoms with van der Waals surface area (Å²) in [6.07, 6.45) is -0.0285. The van der Waals surface area contributed by atoms with E-state index in [4.69, 9.17) is 10.5 Å². The van der Waals surface area contributed by atoms with Gasteiger partial charge in [-0.2, -0.15) is 5.10 Å². The van der Waals surface area contributed by atoms with Gasteiger partial charge in [-0.05, 0) is 20.8 Å². The molecule has 0 saturated heterocycles. The van der Waals surface area contributed by atoms with Crippen molar-refractivity contribution in [2.45, 2.75) is 33.4 Å². The molecule has 17 heavy (non-hydrogen) atoms. The summed E-state index contributed by atoms with van der Waals surface area (Å²) in [6, 6.07) is 0. The number of methoxy groups -OCH3 is 1. The first kappa shape index (κ1) is 13.5. The molecule has 1 unspecified atom stereocenters. The van der Waals surface area contributed by atoms with Gasteiger partial charge in [-0.1, -0.05) is 0 Å². The molecule has 6 nitrogen and oxygen atoms in total. The summed E-state index contributed by atoms with van der Waals surface area (Å²) in [4.78, 5) is 12.0. The van der Waals surface area contributed by atoms with Crippen LogP contribution in [0.5, 0.6) is 0 Å². The van der Waals surface area contributed by atoms with Gasteiger partial charge in [-0.25, -0.2) is 0 Å². The number of nitrogen functional groups attached to an aromatic ring is 1. The molecule has 0 aromatic carbocycles. The zero-order valence-electron chi connectivity index (χ0n) is 10.8. The molecule has 1 aromatic heterocycles. The number of hydrogen-bond donors (Lipinski definition) is 2. The molecule has 1 heterocycles. The van der Waals surface area contributed by atoms with Crippen molar-refractivity contribution in [1.82, 2.24) is 15.1 Å². The number of aromatic nitrogens is 2. The molecule has 96 valence electrons. The molecule has 0 aliphatic heterocycles. The summed E-state index contributed by atoms with van der Waals surface area (Å²) >= 11 is 0. The first-order chi connectivity index (χ1) is 8.01.